The van der Waals surface area contributed by atoms with Gasteiger partial charge in [-0.2, -0.15) is 4.80 Å². The average Bonchev–Trinajstić information content (AvgIpc) is 3.06. The van der Waals surface area contributed by atoms with Gasteiger partial charge in [0.05, 0.1) is 4.92 Å². The van der Waals surface area contributed by atoms with Crippen molar-refractivity contribution in [1.29, 1.82) is 0 Å². The molecule has 2 aromatic carbocycles. The van der Waals surface area contributed by atoms with Crippen molar-refractivity contribution in [3.63, 3.8) is 0 Å². The number of non-ortho nitro benzene ring substituents is 1. The summed E-state index contributed by atoms with van der Waals surface area (Å²) in [6.45, 7) is 3.88. The van der Waals surface area contributed by atoms with Gasteiger partial charge >= 0.3 is 0 Å². The van der Waals surface area contributed by atoms with Crippen LogP contribution in [0.3, 0.4) is 0 Å². The molecule has 26 heavy (non-hydrogen) atoms. The van der Waals surface area contributed by atoms with Gasteiger partial charge in [-0.05, 0) is 54.5 Å². The molecule has 1 N–H and O–H groups in total. The Kier molecular flexibility index (Phi) is 4.70. The van der Waals surface area contributed by atoms with Crippen molar-refractivity contribution in [1.82, 2.24) is 20.2 Å². The molecule has 0 saturated carbocycles. The highest BCUT2D eigenvalue weighted by Crippen LogP contribution is 2.18. The van der Waals surface area contributed by atoms with Crippen molar-refractivity contribution in [2.45, 2.75) is 20.4 Å². The minimum atomic E-state index is -0.481. The SMILES string of the molecule is Cc1ccc(NC(=O)Cn2nnc(-c3ccc([N+](=O)[O-])cc3)n2)cc1C. The zero-order valence-corrected chi connectivity index (χ0v) is 14.2. The number of nitrogens with zero attached hydrogens (tertiary/aromatic N) is 5. The van der Waals surface area contributed by atoms with Gasteiger partial charge in [-0.1, -0.05) is 6.07 Å². The molecule has 0 fully saturated rings. The molecular formula is C17H16N6O3. The van der Waals surface area contributed by atoms with Crippen LogP contribution in [0, 0.1) is 24.0 Å². The van der Waals surface area contributed by atoms with Crippen molar-refractivity contribution in [2.75, 3.05) is 5.32 Å². The quantitative estimate of drug-likeness (QED) is 0.557. The normalized spacial score (nSPS) is 10.5. The van der Waals surface area contributed by atoms with E-state index < -0.39 is 4.92 Å². The molecule has 3 aromatic rings. The number of rotatable bonds is 5. The number of aromatic nitrogens is 4. The molecule has 0 saturated heterocycles. The number of nitrogens with one attached hydrogen (secondary N) is 1. The van der Waals surface area contributed by atoms with Crippen molar-refractivity contribution < 1.29 is 9.72 Å². The van der Waals surface area contributed by atoms with Crippen LogP contribution in [0.2, 0.25) is 0 Å². The highest BCUT2D eigenvalue weighted by Gasteiger charge is 2.11. The molecule has 1 amide bonds. The first-order valence-corrected chi connectivity index (χ1v) is 7.82. The first-order valence-electron chi connectivity index (χ1n) is 7.82. The first-order chi connectivity index (χ1) is 12.4. The van der Waals surface area contributed by atoms with Gasteiger partial charge in [-0.3, -0.25) is 14.9 Å². The van der Waals surface area contributed by atoms with Crippen LogP contribution < -0.4 is 5.32 Å². The van der Waals surface area contributed by atoms with E-state index in [1.807, 2.05) is 32.0 Å². The van der Waals surface area contributed by atoms with E-state index >= 15 is 0 Å². The van der Waals surface area contributed by atoms with Crippen LogP contribution in [0.1, 0.15) is 11.1 Å². The molecule has 0 bridgehead atoms. The number of carbonyl (C=O) groups excluding carboxylic acids is 1. The summed E-state index contributed by atoms with van der Waals surface area (Å²) >= 11 is 0. The lowest BCUT2D eigenvalue weighted by Gasteiger charge is -2.07. The Labute approximate surface area is 148 Å². The number of tetrazole rings is 1. The minimum Gasteiger partial charge on any atom is -0.324 e. The van der Waals surface area contributed by atoms with Crippen molar-refractivity contribution in [2.24, 2.45) is 0 Å². The average molecular weight is 352 g/mol. The molecule has 0 unspecified atom stereocenters. The van der Waals surface area contributed by atoms with Gasteiger partial charge in [-0.15, -0.1) is 10.2 Å². The van der Waals surface area contributed by atoms with Crippen LogP contribution in [0.5, 0.6) is 0 Å². The van der Waals surface area contributed by atoms with E-state index in [1.54, 1.807) is 0 Å². The van der Waals surface area contributed by atoms with E-state index in [0.29, 0.717) is 17.1 Å². The zero-order valence-electron chi connectivity index (χ0n) is 14.2. The van der Waals surface area contributed by atoms with Crippen LogP contribution in [-0.2, 0) is 11.3 Å². The Morgan fingerprint density at radius 3 is 2.54 bits per heavy atom. The summed E-state index contributed by atoms with van der Waals surface area (Å²) in [5.41, 5.74) is 3.50. The lowest BCUT2D eigenvalue weighted by atomic mass is 10.1. The fourth-order valence-electron chi connectivity index (χ4n) is 2.31. The van der Waals surface area contributed by atoms with Crippen LogP contribution in [-0.4, -0.2) is 31.0 Å². The summed E-state index contributed by atoms with van der Waals surface area (Å²) in [6.07, 6.45) is 0. The van der Waals surface area contributed by atoms with Gasteiger partial charge in [0.25, 0.3) is 5.69 Å². The predicted octanol–water partition coefficient (Wildman–Crippen LogP) is 2.50. The molecule has 0 aliphatic rings. The third-order valence-electron chi connectivity index (χ3n) is 3.86. The van der Waals surface area contributed by atoms with Gasteiger partial charge in [-0.25, -0.2) is 0 Å². The summed E-state index contributed by atoms with van der Waals surface area (Å²) in [5, 5.41) is 25.3. The summed E-state index contributed by atoms with van der Waals surface area (Å²) in [7, 11) is 0. The fourth-order valence-corrected chi connectivity index (χ4v) is 2.31. The summed E-state index contributed by atoms with van der Waals surface area (Å²) < 4.78 is 0. The summed E-state index contributed by atoms with van der Waals surface area (Å²) in [4.78, 5) is 23.5. The van der Waals surface area contributed by atoms with E-state index in [1.165, 1.54) is 29.1 Å². The third-order valence-corrected chi connectivity index (χ3v) is 3.86. The summed E-state index contributed by atoms with van der Waals surface area (Å²) in [5.74, 6) is 0.0137. The molecule has 1 aromatic heterocycles. The Bertz CT molecular complexity index is 965. The molecule has 0 spiro atoms. The van der Waals surface area contributed by atoms with E-state index in [2.05, 4.69) is 20.7 Å². The highest BCUT2D eigenvalue weighted by molar-refractivity contribution is 5.90. The zero-order chi connectivity index (χ0) is 18.7. The lowest BCUT2D eigenvalue weighted by Crippen LogP contribution is -2.20. The molecule has 0 atom stereocenters. The Morgan fingerprint density at radius 2 is 1.88 bits per heavy atom. The lowest BCUT2D eigenvalue weighted by molar-refractivity contribution is -0.384. The highest BCUT2D eigenvalue weighted by atomic mass is 16.6. The van der Waals surface area contributed by atoms with Gasteiger partial charge in [0.15, 0.2) is 0 Å². The standard InChI is InChI=1S/C17H16N6O3/c1-11-3-6-14(9-12(11)2)18-16(24)10-22-20-17(19-21-22)13-4-7-15(8-5-13)23(25)26/h3-9H,10H2,1-2H3,(H,18,24). The van der Waals surface area contributed by atoms with Gasteiger partial charge in [0.1, 0.15) is 6.54 Å². The number of hydrogen-bond acceptors (Lipinski definition) is 6. The van der Waals surface area contributed by atoms with E-state index in [0.717, 1.165) is 11.1 Å². The van der Waals surface area contributed by atoms with Crippen LogP contribution in [0.15, 0.2) is 42.5 Å². The second-order valence-corrected chi connectivity index (χ2v) is 5.79. The molecule has 9 nitrogen and oxygen atoms in total. The third kappa shape index (κ3) is 3.89. The largest absolute Gasteiger partial charge is 0.324 e. The number of nitro benzene ring substituents is 1. The topological polar surface area (TPSA) is 116 Å². The molecule has 3 rings (SSSR count). The maximum Gasteiger partial charge on any atom is 0.269 e. The van der Waals surface area contributed by atoms with Crippen LogP contribution in [0.4, 0.5) is 11.4 Å². The fraction of sp³-hybridized carbons (Fsp3) is 0.176. The molecule has 9 heteroatoms. The Hall–Kier alpha value is -3.62. The predicted molar refractivity (Wildman–Crippen MR) is 94.5 cm³/mol. The van der Waals surface area contributed by atoms with Crippen molar-refractivity contribution >= 4 is 17.3 Å². The molecule has 1 heterocycles. The Morgan fingerprint density at radius 1 is 1.15 bits per heavy atom. The smallest absolute Gasteiger partial charge is 0.269 e. The molecule has 132 valence electrons. The van der Waals surface area contributed by atoms with E-state index in [4.69, 9.17) is 0 Å². The molecule has 0 aliphatic carbocycles. The molecule has 0 radical (unpaired) electrons. The number of amides is 1. The van der Waals surface area contributed by atoms with Gasteiger partial charge in [0.2, 0.25) is 11.7 Å². The van der Waals surface area contributed by atoms with Gasteiger partial charge < -0.3 is 5.32 Å². The number of anilines is 1. The number of aryl methyl sites for hydroxylation is 2. The maximum absolute atomic E-state index is 12.1. The number of hydrogen-bond donors (Lipinski definition) is 1. The summed E-state index contributed by atoms with van der Waals surface area (Å²) in [6, 6.07) is 11.5. The van der Waals surface area contributed by atoms with Crippen LogP contribution >= 0.6 is 0 Å². The minimum absolute atomic E-state index is 0.0195. The maximum atomic E-state index is 12.1. The van der Waals surface area contributed by atoms with Gasteiger partial charge in [0, 0.05) is 23.4 Å². The Balaban J connectivity index is 1.66. The second kappa shape index (κ2) is 7.09. The van der Waals surface area contributed by atoms with E-state index in [9.17, 15) is 14.9 Å². The number of benzene rings is 2. The number of nitro groups is 1. The van der Waals surface area contributed by atoms with E-state index in [-0.39, 0.29) is 18.1 Å². The van der Waals surface area contributed by atoms with Crippen LogP contribution in [0.25, 0.3) is 11.4 Å². The molecule has 0 aliphatic heterocycles. The second-order valence-electron chi connectivity index (χ2n) is 5.79. The monoisotopic (exact) mass is 352 g/mol. The number of carbonyl (C=O) groups is 1. The first kappa shape index (κ1) is 17.2. The van der Waals surface area contributed by atoms with Crippen molar-refractivity contribution in [3.8, 4) is 11.4 Å². The van der Waals surface area contributed by atoms with Crippen molar-refractivity contribution in [3.05, 3.63) is 63.7 Å². The molecular weight excluding hydrogens is 336 g/mol.